The molecule has 0 aliphatic carbocycles. The van der Waals surface area contributed by atoms with Crippen molar-refractivity contribution in [2.75, 3.05) is 6.61 Å². The van der Waals surface area contributed by atoms with Crippen molar-refractivity contribution in [2.45, 2.75) is 37.6 Å². The second-order valence-corrected chi connectivity index (χ2v) is 9.36. The lowest BCUT2D eigenvalue weighted by Gasteiger charge is -2.09. The number of rotatable bonds is 8. The summed E-state index contributed by atoms with van der Waals surface area (Å²) in [5.41, 5.74) is 2.11. The van der Waals surface area contributed by atoms with Gasteiger partial charge in [0, 0.05) is 26.2 Å². The largest absolute Gasteiger partial charge is 0.493 e. The monoisotopic (exact) mass is 536 g/mol. The molecule has 0 amide bonds. The molecule has 0 N–H and O–H groups in total. The third-order valence-electron chi connectivity index (χ3n) is 4.02. The molecular formula is C21H22Br2N4OS. The Bertz CT molecular complexity index is 987. The Morgan fingerprint density at radius 3 is 2.52 bits per heavy atom. The van der Waals surface area contributed by atoms with Crippen molar-refractivity contribution in [1.29, 1.82) is 0 Å². The first kappa shape index (κ1) is 22.1. The molecule has 0 spiro atoms. The van der Waals surface area contributed by atoms with E-state index in [-0.39, 0.29) is 5.92 Å². The molecule has 0 atom stereocenters. The minimum atomic E-state index is 0.204. The lowest BCUT2D eigenvalue weighted by molar-refractivity contribution is 0.339. The van der Waals surface area contributed by atoms with E-state index in [4.69, 9.17) is 9.84 Å². The number of hydrogen-bond donors (Lipinski definition) is 0. The van der Waals surface area contributed by atoms with Crippen LogP contribution < -0.4 is 4.74 Å². The van der Waals surface area contributed by atoms with Gasteiger partial charge in [-0.3, -0.25) is 0 Å². The highest BCUT2D eigenvalue weighted by atomic mass is 79.9. The molecule has 0 saturated carbocycles. The van der Waals surface area contributed by atoms with Crippen LogP contribution in [0, 0.1) is 0 Å². The fourth-order valence-corrected chi connectivity index (χ4v) is 4.08. The summed E-state index contributed by atoms with van der Waals surface area (Å²) in [5, 5.41) is 14.2. The molecule has 3 aromatic rings. The maximum Gasteiger partial charge on any atom is 0.212 e. The van der Waals surface area contributed by atoms with Gasteiger partial charge < -0.3 is 4.74 Å². The van der Waals surface area contributed by atoms with Crippen molar-refractivity contribution in [3.05, 3.63) is 68.4 Å². The summed E-state index contributed by atoms with van der Waals surface area (Å²) in [5.74, 6) is 2.62. The van der Waals surface area contributed by atoms with Crippen molar-refractivity contribution in [1.82, 2.24) is 14.9 Å². The van der Waals surface area contributed by atoms with Gasteiger partial charge in [0.15, 0.2) is 5.82 Å². The molecular weight excluding hydrogens is 516 g/mol. The average Bonchev–Trinajstić information content (AvgIpc) is 3.11. The number of benzene rings is 2. The highest BCUT2D eigenvalue weighted by molar-refractivity contribution is 9.10. The van der Waals surface area contributed by atoms with Gasteiger partial charge in [0.25, 0.3) is 0 Å². The van der Waals surface area contributed by atoms with Crippen LogP contribution in [-0.4, -0.2) is 27.7 Å². The fraction of sp³-hybridized carbons (Fsp3) is 0.286. The molecule has 0 aliphatic heterocycles. The van der Waals surface area contributed by atoms with Crippen molar-refractivity contribution in [3.63, 3.8) is 0 Å². The first-order valence-corrected chi connectivity index (χ1v) is 11.8. The molecule has 0 fully saturated rings. The van der Waals surface area contributed by atoms with Crippen molar-refractivity contribution < 1.29 is 4.74 Å². The number of ether oxygens (including phenoxy) is 1. The molecule has 29 heavy (non-hydrogen) atoms. The summed E-state index contributed by atoms with van der Waals surface area (Å²) in [7, 11) is 0. The minimum absolute atomic E-state index is 0.204. The van der Waals surface area contributed by atoms with Crippen LogP contribution in [0.1, 0.15) is 43.6 Å². The number of hydrogen-bond acceptors (Lipinski definition) is 5. The Labute approximate surface area is 192 Å². The standard InChI is InChI=1S/C21H22Br2N4OS/c1-4-28-19-10-9-18(23)11-16(19)12-24-27-20(14(2)3)25-26-21(27)29-13-15-5-7-17(22)8-6-15/h5-12,14H,4,13H2,1-3H3/b24-12+. The van der Waals surface area contributed by atoms with E-state index >= 15 is 0 Å². The predicted molar refractivity (Wildman–Crippen MR) is 126 cm³/mol. The van der Waals surface area contributed by atoms with Gasteiger partial charge in [0.05, 0.1) is 12.8 Å². The lowest BCUT2D eigenvalue weighted by atomic mass is 10.2. The van der Waals surface area contributed by atoms with E-state index in [1.54, 1.807) is 18.0 Å². The third-order valence-corrected chi connectivity index (χ3v) is 6.03. The van der Waals surface area contributed by atoms with Crippen LogP contribution in [0.2, 0.25) is 0 Å². The Morgan fingerprint density at radius 1 is 1.10 bits per heavy atom. The molecule has 2 aromatic carbocycles. The smallest absolute Gasteiger partial charge is 0.212 e. The molecule has 5 nitrogen and oxygen atoms in total. The van der Waals surface area contributed by atoms with Crippen LogP contribution in [0.5, 0.6) is 5.75 Å². The average molecular weight is 538 g/mol. The van der Waals surface area contributed by atoms with Gasteiger partial charge in [-0.25, -0.2) is 0 Å². The van der Waals surface area contributed by atoms with Crippen LogP contribution in [0.4, 0.5) is 0 Å². The van der Waals surface area contributed by atoms with Crippen molar-refractivity contribution >= 4 is 49.8 Å². The van der Waals surface area contributed by atoms with Gasteiger partial charge in [-0.05, 0) is 42.8 Å². The molecule has 1 aromatic heterocycles. The van der Waals surface area contributed by atoms with Crippen molar-refractivity contribution in [2.24, 2.45) is 5.10 Å². The van der Waals surface area contributed by atoms with Gasteiger partial charge in [0.1, 0.15) is 5.75 Å². The van der Waals surface area contributed by atoms with E-state index in [9.17, 15) is 0 Å². The Morgan fingerprint density at radius 2 is 1.83 bits per heavy atom. The molecule has 8 heteroatoms. The summed E-state index contributed by atoms with van der Waals surface area (Å²) in [4.78, 5) is 0. The van der Waals surface area contributed by atoms with E-state index in [0.717, 1.165) is 37.0 Å². The minimum Gasteiger partial charge on any atom is -0.493 e. The molecule has 152 valence electrons. The van der Waals surface area contributed by atoms with Crippen molar-refractivity contribution in [3.8, 4) is 5.75 Å². The maximum atomic E-state index is 5.72. The zero-order valence-electron chi connectivity index (χ0n) is 16.5. The molecule has 0 aliphatic rings. The Kier molecular flexibility index (Phi) is 7.91. The second-order valence-electron chi connectivity index (χ2n) is 6.58. The topological polar surface area (TPSA) is 52.3 Å². The van der Waals surface area contributed by atoms with Gasteiger partial charge >= 0.3 is 0 Å². The SMILES string of the molecule is CCOc1ccc(Br)cc1/C=N/n1c(SCc2ccc(Br)cc2)nnc1C(C)C. The molecule has 3 rings (SSSR count). The van der Waals surface area contributed by atoms with Gasteiger partial charge in [-0.15, -0.1) is 10.2 Å². The quantitative estimate of drug-likeness (QED) is 0.243. The first-order chi connectivity index (χ1) is 14.0. The van der Waals surface area contributed by atoms with Crippen LogP contribution in [-0.2, 0) is 5.75 Å². The summed E-state index contributed by atoms with van der Waals surface area (Å²) in [6.45, 7) is 6.74. The van der Waals surface area contributed by atoms with E-state index in [1.165, 1.54) is 5.56 Å². The Hall–Kier alpha value is -1.64. The lowest BCUT2D eigenvalue weighted by Crippen LogP contribution is -2.03. The number of thioether (sulfide) groups is 1. The molecule has 0 radical (unpaired) electrons. The van der Waals surface area contributed by atoms with Crippen LogP contribution in [0.3, 0.4) is 0 Å². The normalized spacial score (nSPS) is 11.5. The van der Waals surface area contributed by atoms with Gasteiger partial charge in [-0.1, -0.05) is 69.6 Å². The molecule has 0 saturated heterocycles. The van der Waals surface area contributed by atoms with Gasteiger partial charge in [-0.2, -0.15) is 9.78 Å². The Balaban J connectivity index is 1.87. The number of aromatic nitrogens is 3. The summed E-state index contributed by atoms with van der Waals surface area (Å²) < 4.78 is 9.59. The highest BCUT2D eigenvalue weighted by Crippen LogP contribution is 2.26. The molecule has 1 heterocycles. The summed E-state index contributed by atoms with van der Waals surface area (Å²) in [6, 6.07) is 14.2. The van der Waals surface area contributed by atoms with E-state index in [0.29, 0.717) is 6.61 Å². The predicted octanol–water partition coefficient (Wildman–Crippen LogP) is 6.50. The third kappa shape index (κ3) is 5.93. The number of halogens is 2. The summed E-state index contributed by atoms with van der Waals surface area (Å²) in [6.07, 6.45) is 1.80. The summed E-state index contributed by atoms with van der Waals surface area (Å²) >= 11 is 8.61. The fourth-order valence-electron chi connectivity index (χ4n) is 2.59. The van der Waals surface area contributed by atoms with Crippen LogP contribution >= 0.6 is 43.6 Å². The first-order valence-electron chi connectivity index (χ1n) is 9.27. The second kappa shape index (κ2) is 10.4. The maximum absolute atomic E-state index is 5.72. The van der Waals surface area contributed by atoms with E-state index in [2.05, 4.69) is 68.0 Å². The molecule has 0 unspecified atom stereocenters. The highest BCUT2D eigenvalue weighted by Gasteiger charge is 2.15. The van der Waals surface area contributed by atoms with E-state index < -0.39 is 0 Å². The van der Waals surface area contributed by atoms with Crippen LogP contribution in [0.25, 0.3) is 0 Å². The van der Waals surface area contributed by atoms with Gasteiger partial charge in [0.2, 0.25) is 5.16 Å². The zero-order valence-corrected chi connectivity index (χ0v) is 20.5. The number of nitrogens with zero attached hydrogens (tertiary/aromatic N) is 4. The van der Waals surface area contributed by atoms with E-state index in [1.807, 2.05) is 41.9 Å². The zero-order chi connectivity index (χ0) is 20.8. The van der Waals surface area contributed by atoms with Crippen LogP contribution in [0.15, 0.2) is 61.7 Å². The molecule has 0 bridgehead atoms.